The Morgan fingerprint density at radius 2 is 1.95 bits per heavy atom. The number of nitrogens with zero attached hydrogens (tertiary/aromatic N) is 1. The second-order valence-corrected chi connectivity index (χ2v) is 7.58. The summed E-state index contributed by atoms with van der Waals surface area (Å²) in [6, 6.07) is 0.712. The van der Waals surface area contributed by atoms with Gasteiger partial charge >= 0.3 is 0 Å². The summed E-state index contributed by atoms with van der Waals surface area (Å²) in [5, 5.41) is 3.39. The summed E-state index contributed by atoms with van der Waals surface area (Å²) < 4.78 is 33.8. The van der Waals surface area contributed by atoms with Crippen LogP contribution in [-0.2, 0) is 14.9 Å². The van der Waals surface area contributed by atoms with Crippen molar-refractivity contribution in [2.45, 2.75) is 57.2 Å². The summed E-state index contributed by atoms with van der Waals surface area (Å²) in [6.45, 7) is 4.09. The van der Waals surface area contributed by atoms with E-state index in [0.717, 1.165) is 25.8 Å². The van der Waals surface area contributed by atoms with Gasteiger partial charge in [0.25, 0.3) is 10.2 Å². The average molecular weight is 305 g/mol. The van der Waals surface area contributed by atoms with E-state index in [0.29, 0.717) is 19.2 Å². The lowest BCUT2D eigenvalue weighted by atomic mass is 9.90. The first-order chi connectivity index (χ1) is 9.51. The van der Waals surface area contributed by atoms with Crippen LogP contribution in [0, 0.1) is 0 Å². The zero-order valence-electron chi connectivity index (χ0n) is 12.5. The molecule has 0 spiro atoms. The van der Waals surface area contributed by atoms with Crippen LogP contribution >= 0.6 is 0 Å². The zero-order chi connectivity index (χ0) is 14.6. The van der Waals surface area contributed by atoms with Gasteiger partial charge in [-0.1, -0.05) is 0 Å². The SMILES string of the molecule is CCOC1CC(NS(=O)(=O)N(C)CCCNC2CC2)C1. The summed E-state index contributed by atoms with van der Waals surface area (Å²) in [5.41, 5.74) is 0. The van der Waals surface area contributed by atoms with E-state index in [9.17, 15) is 8.42 Å². The summed E-state index contributed by atoms with van der Waals surface area (Å²) in [4.78, 5) is 0. The van der Waals surface area contributed by atoms with E-state index in [1.54, 1.807) is 7.05 Å². The third-order valence-corrected chi connectivity index (χ3v) is 5.52. The number of rotatable bonds is 10. The molecule has 2 fully saturated rings. The summed E-state index contributed by atoms with van der Waals surface area (Å²) in [6.07, 6.45) is 5.16. The van der Waals surface area contributed by atoms with Crippen molar-refractivity contribution in [1.82, 2.24) is 14.3 Å². The Kier molecular flexibility index (Phi) is 5.80. The first kappa shape index (κ1) is 16.2. The van der Waals surface area contributed by atoms with Gasteiger partial charge in [0.05, 0.1) is 6.10 Å². The lowest BCUT2D eigenvalue weighted by Gasteiger charge is -2.36. The summed E-state index contributed by atoms with van der Waals surface area (Å²) in [7, 11) is -1.71. The molecule has 0 amide bonds. The molecule has 0 radical (unpaired) electrons. The van der Waals surface area contributed by atoms with Crippen LogP contribution < -0.4 is 10.0 Å². The normalized spacial score (nSPS) is 26.8. The first-order valence-electron chi connectivity index (χ1n) is 7.60. The summed E-state index contributed by atoms with van der Waals surface area (Å²) in [5.74, 6) is 0. The Labute approximate surface area is 122 Å². The van der Waals surface area contributed by atoms with Crippen molar-refractivity contribution < 1.29 is 13.2 Å². The van der Waals surface area contributed by atoms with Crippen LogP contribution in [0.15, 0.2) is 0 Å². The molecule has 0 aromatic heterocycles. The minimum Gasteiger partial charge on any atom is -0.378 e. The van der Waals surface area contributed by atoms with Crippen molar-refractivity contribution in [2.24, 2.45) is 0 Å². The Morgan fingerprint density at radius 1 is 1.25 bits per heavy atom. The third kappa shape index (κ3) is 4.96. The van der Waals surface area contributed by atoms with Crippen LogP contribution in [0.4, 0.5) is 0 Å². The first-order valence-corrected chi connectivity index (χ1v) is 9.04. The van der Waals surface area contributed by atoms with Crippen LogP contribution in [0.2, 0.25) is 0 Å². The van der Waals surface area contributed by atoms with E-state index in [1.165, 1.54) is 17.1 Å². The van der Waals surface area contributed by atoms with E-state index < -0.39 is 10.2 Å². The average Bonchev–Trinajstić information content (AvgIpc) is 3.15. The molecule has 2 aliphatic rings. The van der Waals surface area contributed by atoms with Crippen molar-refractivity contribution in [3.8, 4) is 0 Å². The van der Waals surface area contributed by atoms with Gasteiger partial charge in [-0.3, -0.25) is 0 Å². The predicted molar refractivity (Wildman–Crippen MR) is 78.8 cm³/mol. The number of hydrogen-bond acceptors (Lipinski definition) is 4. The molecule has 118 valence electrons. The zero-order valence-corrected chi connectivity index (χ0v) is 13.3. The van der Waals surface area contributed by atoms with Crippen molar-refractivity contribution >= 4 is 10.2 Å². The topological polar surface area (TPSA) is 70.7 Å². The molecular weight excluding hydrogens is 278 g/mol. The van der Waals surface area contributed by atoms with E-state index in [4.69, 9.17) is 4.74 Å². The van der Waals surface area contributed by atoms with Gasteiger partial charge in [0.15, 0.2) is 0 Å². The van der Waals surface area contributed by atoms with Crippen molar-refractivity contribution in [2.75, 3.05) is 26.7 Å². The molecule has 0 bridgehead atoms. The Bertz CT molecular complexity index is 392. The van der Waals surface area contributed by atoms with Crippen LogP contribution in [0.3, 0.4) is 0 Å². The second kappa shape index (κ2) is 7.17. The van der Waals surface area contributed by atoms with Gasteiger partial charge in [0, 0.05) is 32.3 Å². The maximum Gasteiger partial charge on any atom is 0.279 e. The highest BCUT2D eigenvalue weighted by atomic mass is 32.2. The molecule has 0 atom stereocenters. The highest BCUT2D eigenvalue weighted by Gasteiger charge is 2.33. The van der Waals surface area contributed by atoms with E-state index >= 15 is 0 Å². The lowest BCUT2D eigenvalue weighted by Crippen LogP contribution is -2.51. The lowest BCUT2D eigenvalue weighted by molar-refractivity contribution is -0.00503. The molecule has 7 heteroatoms. The molecule has 6 nitrogen and oxygen atoms in total. The van der Waals surface area contributed by atoms with E-state index in [2.05, 4.69) is 10.0 Å². The molecule has 0 aromatic carbocycles. The molecule has 0 saturated heterocycles. The smallest absolute Gasteiger partial charge is 0.279 e. The van der Waals surface area contributed by atoms with Crippen LogP contribution in [0.1, 0.15) is 39.0 Å². The summed E-state index contributed by atoms with van der Waals surface area (Å²) >= 11 is 0. The van der Waals surface area contributed by atoms with Crippen molar-refractivity contribution in [3.05, 3.63) is 0 Å². The molecule has 0 aliphatic heterocycles. The van der Waals surface area contributed by atoms with Gasteiger partial charge in [-0.05, 0) is 45.6 Å². The van der Waals surface area contributed by atoms with Gasteiger partial charge in [0.1, 0.15) is 0 Å². The molecule has 2 saturated carbocycles. The van der Waals surface area contributed by atoms with Gasteiger partial charge in [-0.25, -0.2) is 0 Å². The molecular formula is C13H27N3O3S. The van der Waals surface area contributed by atoms with Crippen molar-refractivity contribution in [1.29, 1.82) is 0 Å². The van der Waals surface area contributed by atoms with E-state index in [-0.39, 0.29) is 12.1 Å². The monoisotopic (exact) mass is 305 g/mol. The molecule has 0 heterocycles. The number of hydrogen-bond donors (Lipinski definition) is 2. The molecule has 2 aliphatic carbocycles. The maximum atomic E-state index is 12.1. The molecule has 0 unspecified atom stereocenters. The van der Waals surface area contributed by atoms with Crippen LogP contribution in [-0.4, -0.2) is 57.7 Å². The minimum atomic E-state index is -3.34. The second-order valence-electron chi connectivity index (χ2n) is 5.77. The quantitative estimate of drug-likeness (QED) is 0.575. The number of nitrogens with one attached hydrogen (secondary N) is 2. The Balaban J connectivity index is 1.61. The van der Waals surface area contributed by atoms with Crippen LogP contribution in [0.5, 0.6) is 0 Å². The number of ether oxygens (including phenoxy) is 1. The van der Waals surface area contributed by atoms with E-state index in [1.807, 2.05) is 6.92 Å². The highest BCUT2D eigenvalue weighted by Crippen LogP contribution is 2.24. The van der Waals surface area contributed by atoms with Gasteiger partial charge in [-0.15, -0.1) is 0 Å². The fourth-order valence-corrected chi connectivity index (χ4v) is 3.51. The van der Waals surface area contributed by atoms with Crippen LogP contribution in [0.25, 0.3) is 0 Å². The minimum absolute atomic E-state index is 0.0311. The van der Waals surface area contributed by atoms with Gasteiger partial charge in [-0.2, -0.15) is 17.4 Å². The predicted octanol–water partition coefficient (Wildman–Crippen LogP) is 0.462. The van der Waals surface area contributed by atoms with Crippen molar-refractivity contribution in [3.63, 3.8) is 0 Å². The largest absolute Gasteiger partial charge is 0.378 e. The molecule has 2 rings (SSSR count). The Morgan fingerprint density at radius 3 is 2.55 bits per heavy atom. The highest BCUT2D eigenvalue weighted by molar-refractivity contribution is 7.87. The standard InChI is InChI=1S/C13H27N3O3S/c1-3-19-13-9-12(10-13)15-20(17,18)16(2)8-4-7-14-11-5-6-11/h11-15H,3-10H2,1-2H3. The maximum absolute atomic E-state index is 12.1. The fourth-order valence-electron chi connectivity index (χ4n) is 2.35. The van der Waals surface area contributed by atoms with Gasteiger partial charge < -0.3 is 10.1 Å². The molecule has 0 aromatic rings. The molecule has 20 heavy (non-hydrogen) atoms. The third-order valence-electron chi connectivity index (χ3n) is 3.88. The Hall–Kier alpha value is -0.210. The molecule has 2 N–H and O–H groups in total. The van der Waals surface area contributed by atoms with Gasteiger partial charge in [0.2, 0.25) is 0 Å². The fraction of sp³-hybridized carbons (Fsp3) is 1.00.